The molecule has 1 fully saturated rings. The third-order valence-corrected chi connectivity index (χ3v) is 4.48. The summed E-state index contributed by atoms with van der Waals surface area (Å²) in [6.07, 6.45) is 5.21. The van der Waals surface area contributed by atoms with E-state index in [0.29, 0.717) is 6.54 Å². The molecule has 1 saturated heterocycles. The van der Waals surface area contributed by atoms with Crippen LogP contribution in [0.1, 0.15) is 19.3 Å². The second kappa shape index (κ2) is 7.67. The van der Waals surface area contributed by atoms with Gasteiger partial charge in [0.05, 0.1) is 18.8 Å². The van der Waals surface area contributed by atoms with Crippen molar-refractivity contribution < 1.29 is 9.90 Å². The number of para-hydroxylation sites is 1. The molecule has 20 heavy (non-hydrogen) atoms. The predicted octanol–water partition coefficient (Wildman–Crippen LogP) is 2.19. The van der Waals surface area contributed by atoms with Crippen molar-refractivity contribution in [3.8, 4) is 0 Å². The molecule has 1 atom stereocenters. The van der Waals surface area contributed by atoms with Gasteiger partial charge in [0.2, 0.25) is 5.91 Å². The Bertz CT molecular complexity index is 453. The number of amides is 1. The number of piperidine rings is 1. The van der Waals surface area contributed by atoms with Crippen molar-refractivity contribution in [2.24, 2.45) is 0 Å². The minimum atomic E-state index is -0.00755. The molecule has 2 rings (SSSR count). The van der Waals surface area contributed by atoms with E-state index in [0.717, 1.165) is 36.4 Å². The van der Waals surface area contributed by atoms with E-state index in [1.54, 1.807) is 11.8 Å². The SMILES string of the molecule is CSc1ccccc1NC(=O)CN1CCCCC1CO. The highest BCUT2D eigenvalue weighted by atomic mass is 32.2. The fourth-order valence-electron chi connectivity index (χ4n) is 2.60. The Morgan fingerprint density at radius 3 is 3.00 bits per heavy atom. The number of hydrogen-bond acceptors (Lipinski definition) is 4. The van der Waals surface area contributed by atoms with Crippen molar-refractivity contribution in [3.05, 3.63) is 24.3 Å². The Kier molecular flexibility index (Phi) is 5.88. The summed E-state index contributed by atoms with van der Waals surface area (Å²) < 4.78 is 0. The zero-order valence-electron chi connectivity index (χ0n) is 11.8. The maximum absolute atomic E-state index is 12.2. The standard InChI is InChI=1S/C15H22N2O2S/c1-20-14-8-3-2-7-13(14)16-15(19)10-17-9-5-4-6-12(17)11-18/h2-3,7-8,12,18H,4-6,9-11H2,1H3,(H,16,19). The van der Waals surface area contributed by atoms with E-state index in [2.05, 4.69) is 10.2 Å². The number of benzene rings is 1. The third kappa shape index (κ3) is 3.98. The topological polar surface area (TPSA) is 52.6 Å². The second-order valence-electron chi connectivity index (χ2n) is 5.05. The number of hydrogen-bond donors (Lipinski definition) is 2. The van der Waals surface area contributed by atoms with Gasteiger partial charge in [-0.25, -0.2) is 0 Å². The Labute approximate surface area is 124 Å². The van der Waals surface area contributed by atoms with Gasteiger partial charge in [-0.2, -0.15) is 0 Å². The largest absolute Gasteiger partial charge is 0.395 e. The third-order valence-electron chi connectivity index (χ3n) is 3.69. The molecule has 1 heterocycles. The zero-order chi connectivity index (χ0) is 14.4. The first kappa shape index (κ1) is 15.4. The number of nitrogens with zero attached hydrogens (tertiary/aromatic N) is 1. The molecule has 1 aliphatic heterocycles. The van der Waals surface area contributed by atoms with Gasteiger partial charge in [0, 0.05) is 10.9 Å². The van der Waals surface area contributed by atoms with Crippen LogP contribution in [0.5, 0.6) is 0 Å². The van der Waals surface area contributed by atoms with Crippen molar-refractivity contribution >= 4 is 23.4 Å². The van der Waals surface area contributed by atoms with Crippen LogP contribution in [0.3, 0.4) is 0 Å². The van der Waals surface area contributed by atoms with E-state index < -0.39 is 0 Å². The Hall–Kier alpha value is -1.04. The van der Waals surface area contributed by atoms with Gasteiger partial charge < -0.3 is 10.4 Å². The molecule has 0 radical (unpaired) electrons. The van der Waals surface area contributed by atoms with E-state index in [1.165, 1.54) is 0 Å². The minimum Gasteiger partial charge on any atom is -0.395 e. The molecule has 5 heteroatoms. The summed E-state index contributed by atoms with van der Waals surface area (Å²) in [5, 5.41) is 12.3. The Morgan fingerprint density at radius 1 is 1.45 bits per heavy atom. The van der Waals surface area contributed by atoms with Gasteiger partial charge in [0.1, 0.15) is 0 Å². The summed E-state index contributed by atoms with van der Waals surface area (Å²) in [7, 11) is 0. The molecule has 110 valence electrons. The van der Waals surface area contributed by atoms with Crippen LogP contribution in [-0.2, 0) is 4.79 Å². The molecule has 1 aromatic carbocycles. The van der Waals surface area contributed by atoms with Crippen LogP contribution in [0.4, 0.5) is 5.69 Å². The summed E-state index contributed by atoms with van der Waals surface area (Å²) in [4.78, 5) is 15.3. The van der Waals surface area contributed by atoms with Crippen molar-refractivity contribution in [1.29, 1.82) is 0 Å². The minimum absolute atomic E-state index is 0.00755. The van der Waals surface area contributed by atoms with E-state index in [-0.39, 0.29) is 18.6 Å². The number of aliphatic hydroxyl groups is 1. The summed E-state index contributed by atoms with van der Waals surface area (Å²) in [5.41, 5.74) is 0.863. The Balaban J connectivity index is 1.94. The molecule has 4 nitrogen and oxygen atoms in total. The fraction of sp³-hybridized carbons (Fsp3) is 0.533. The van der Waals surface area contributed by atoms with E-state index in [1.807, 2.05) is 30.5 Å². The van der Waals surface area contributed by atoms with Gasteiger partial charge >= 0.3 is 0 Å². The molecule has 1 aliphatic rings. The number of rotatable bonds is 5. The lowest BCUT2D eigenvalue weighted by Crippen LogP contribution is -2.45. The Morgan fingerprint density at radius 2 is 2.25 bits per heavy atom. The number of thioether (sulfide) groups is 1. The smallest absolute Gasteiger partial charge is 0.238 e. The summed E-state index contributed by atoms with van der Waals surface area (Å²) in [5.74, 6) is -0.00755. The summed E-state index contributed by atoms with van der Waals surface area (Å²) >= 11 is 1.62. The predicted molar refractivity (Wildman–Crippen MR) is 83.2 cm³/mol. The first-order chi connectivity index (χ1) is 9.74. The highest BCUT2D eigenvalue weighted by molar-refractivity contribution is 7.98. The maximum Gasteiger partial charge on any atom is 0.238 e. The molecule has 1 aromatic rings. The average Bonchev–Trinajstić information content (AvgIpc) is 2.48. The van der Waals surface area contributed by atoms with Gasteiger partial charge in [-0.1, -0.05) is 18.6 Å². The molecular weight excluding hydrogens is 272 g/mol. The number of carbonyl (C=O) groups excluding carboxylic acids is 1. The van der Waals surface area contributed by atoms with Crippen LogP contribution in [0, 0.1) is 0 Å². The van der Waals surface area contributed by atoms with Crippen LogP contribution < -0.4 is 5.32 Å². The normalized spacial score (nSPS) is 19.8. The van der Waals surface area contributed by atoms with Gasteiger partial charge in [-0.3, -0.25) is 9.69 Å². The first-order valence-electron chi connectivity index (χ1n) is 7.02. The van der Waals surface area contributed by atoms with Crippen molar-refractivity contribution in [2.45, 2.75) is 30.2 Å². The van der Waals surface area contributed by atoms with Gasteiger partial charge in [-0.05, 0) is 37.8 Å². The molecule has 2 N–H and O–H groups in total. The van der Waals surface area contributed by atoms with Crippen molar-refractivity contribution in [1.82, 2.24) is 4.90 Å². The number of aliphatic hydroxyl groups excluding tert-OH is 1. The van der Waals surface area contributed by atoms with Gasteiger partial charge in [-0.15, -0.1) is 11.8 Å². The maximum atomic E-state index is 12.2. The van der Waals surface area contributed by atoms with Crippen LogP contribution in [-0.4, -0.2) is 47.9 Å². The lowest BCUT2D eigenvalue weighted by atomic mass is 10.0. The van der Waals surface area contributed by atoms with Crippen LogP contribution >= 0.6 is 11.8 Å². The van der Waals surface area contributed by atoms with Crippen LogP contribution in [0.25, 0.3) is 0 Å². The molecule has 0 saturated carbocycles. The zero-order valence-corrected chi connectivity index (χ0v) is 12.7. The summed E-state index contributed by atoms with van der Waals surface area (Å²) in [6.45, 7) is 1.38. The molecule has 0 spiro atoms. The van der Waals surface area contributed by atoms with Crippen molar-refractivity contribution in [3.63, 3.8) is 0 Å². The highest BCUT2D eigenvalue weighted by Crippen LogP contribution is 2.24. The van der Waals surface area contributed by atoms with E-state index in [4.69, 9.17) is 0 Å². The van der Waals surface area contributed by atoms with E-state index >= 15 is 0 Å². The number of carbonyl (C=O) groups is 1. The second-order valence-corrected chi connectivity index (χ2v) is 5.90. The lowest BCUT2D eigenvalue weighted by molar-refractivity contribution is -0.118. The van der Waals surface area contributed by atoms with E-state index in [9.17, 15) is 9.90 Å². The van der Waals surface area contributed by atoms with Gasteiger partial charge in [0.15, 0.2) is 0 Å². The molecule has 1 unspecified atom stereocenters. The number of anilines is 1. The molecule has 1 amide bonds. The molecule has 0 aliphatic carbocycles. The van der Waals surface area contributed by atoms with Crippen LogP contribution in [0.2, 0.25) is 0 Å². The molecule has 0 aromatic heterocycles. The number of likely N-dealkylation sites (tertiary alicyclic amines) is 1. The quantitative estimate of drug-likeness (QED) is 0.818. The van der Waals surface area contributed by atoms with Crippen LogP contribution in [0.15, 0.2) is 29.2 Å². The average molecular weight is 294 g/mol. The van der Waals surface area contributed by atoms with Gasteiger partial charge in [0.25, 0.3) is 0 Å². The molecular formula is C15H22N2O2S. The lowest BCUT2D eigenvalue weighted by Gasteiger charge is -2.33. The summed E-state index contributed by atoms with van der Waals surface area (Å²) in [6, 6.07) is 7.94. The number of nitrogens with one attached hydrogen (secondary N) is 1. The first-order valence-corrected chi connectivity index (χ1v) is 8.25. The monoisotopic (exact) mass is 294 g/mol. The highest BCUT2D eigenvalue weighted by Gasteiger charge is 2.23. The fourth-order valence-corrected chi connectivity index (χ4v) is 3.15. The van der Waals surface area contributed by atoms with Crippen molar-refractivity contribution in [2.75, 3.05) is 31.3 Å². The molecule has 0 bridgehead atoms.